The summed E-state index contributed by atoms with van der Waals surface area (Å²) in [6, 6.07) is 8.91. The second-order valence-corrected chi connectivity index (χ2v) is 12.5. The van der Waals surface area contributed by atoms with Gasteiger partial charge in [0.1, 0.15) is 16.2 Å². The lowest BCUT2D eigenvalue weighted by Crippen LogP contribution is -2.38. The maximum Gasteiger partial charge on any atom is 0.258 e. The van der Waals surface area contributed by atoms with E-state index in [4.69, 9.17) is 11.6 Å². The van der Waals surface area contributed by atoms with Crippen LogP contribution in [-0.4, -0.2) is 56.6 Å². The van der Waals surface area contributed by atoms with E-state index in [2.05, 4.69) is 27.1 Å². The molecule has 1 atom stereocenters. The molecule has 4 heterocycles. The third-order valence-corrected chi connectivity index (χ3v) is 9.78. The molecule has 5 aromatic rings. The van der Waals surface area contributed by atoms with Crippen LogP contribution in [0.3, 0.4) is 0 Å². The van der Waals surface area contributed by atoms with Gasteiger partial charge in [-0.2, -0.15) is 0 Å². The summed E-state index contributed by atoms with van der Waals surface area (Å²) in [6.07, 6.45) is 7.87. The lowest BCUT2D eigenvalue weighted by atomic mass is 10.1. The van der Waals surface area contributed by atoms with Gasteiger partial charge in [-0.05, 0) is 56.6 Å². The van der Waals surface area contributed by atoms with Gasteiger partial charge in [-0.3, -0.25) is 28.9 Å². The second kappa shape index (κ2) is 11.4. The SMILES string of the molecule is CC1CCCN1CCNC(=O)c1c(=O)c2cc(F)c(SCCc3cnccn3)cc2n2c1sc1cc(Cl)ccc12. The molecule has 0 spiro atoms. The number of fused-ring (bicyclic) bond motifs is 5. The van der Waals surface area contributed by atoms with E-state index in [0.29, 0.717) is 45.0 Å². The molecular formula is C29H27ClFN5O2S2. The number of amides is 1. The van der Waals surface area contributed by atoms with Crippen LogP contribution in [0.1, 0.15) is 35.8 Å². The highest BCUT2D eigenvalue weighted by Gasteiger charge is 2.24. The van der Waals surface area contributed by atoms with Crippen LogP contribution in [0.5, 0.6) is 0 Å². The molecule has 0 bridgehead atoms. The monoisotopic (exact) mass is 595 g/mol. The smallest absolute Gasteiger partial charge is 0.258 e. The van der Waals surface area contributed by atoms with E-state index in [1.165, 1.54) is 29.2 Å². The number of benzene rings is 2. The van der Waals surface area contributed by atoms with Crippen molar-refractivity contribution in [1.82, 2.24) is 24.6 Å². The van der Waals surface area contributed by atoms with Crippen LogP contribution in [0.4, 0.5) is 4.39 Å². The van der Waals surface area contributed by atoms with Gasteiger partial charge in [-0.25, -0.2) is 4.39 Å². The topological polar surface area (TPSA) is 79.6 Å². The van der Waals surface area contributed by atoms with E-state index in [1.54, 1.807) is 30.7 Å². The first kappa shape index (κ1) is 27.1. The van der Waals surface area contributed by atoms with Crippen molar-refractivity contribution in [3.8, 4) is 0 Å². The maximum atomic E-state index is 15.3. The van der Waals surface area contributed by atoms with Crippen LogP contribution in [0.15, 0.2) is 58.6 Å². The fraction of sp³-hybridized carbons (Fsp3) is 0.310. The van der Waals surface area contributed by atoms with E-state index < -0.39 is 17.2 Å². The highest BCUT2D eigenvalue weighted by Crippen LogP contribution is 2.35. The van der Waals surface area contributed by atoms with Gasteiger partial charge in [0, 0.05) is 65.2 Å². The number of aromatic nitrogens is 3. The number of thiazole rings is 1. The Morgan fingerprint density at radius 2 is 2.12 bits per heavy atom. The Balaban J connectivity index is 1.40. The summed E-state index contributed by atoms with van der Waals surface area (Å²) in [5.74, 6) is -0.350. The van der Waals surface area contributed by atoms with Crippen molar-refractivity contribution in [2.24, 2.45) is 0 Å². The first-order valence-corrected chi connectivity index (χ1v) is 15.4. The summed E-state index contributed by atoms with van der Waals surface area (Å²) >= 11 is 8.97. The average Bonchev–Trinajstić information content (AvgIpc) is 3.52. The summed E-state index contributed by atoms with van der Waals surface area (Å²) in [5, 5.41) is 3.67. The molecule has 206 valence electrons. The number of hydrogen-bond acceptors (Lipinski definition) is 7. The second-order valence-electron chi connectivity index (χ2n) is 9.94. The standard InChI is InChI=1S/C29H27ClFN5O2S2/c1-17-3-2-10-35(17)11-9-34-28(38)26-27(37)20-14-21(31)24(39-12-6-19-16-32-7-8-33-19)15-23(20)36-22-5-4-18(30)13-25(22)40-29(26)36/h4-5,7-8,13-17H,2-3,6,9-12H2,1H3,(H,34,38). The fourth-order valence-corrected chi connectivity index (χ4v) is 7.71. The number of rotatable bonds is 8. The van der Waals surface area contributed by atoms with Crippen LogP contribution in [0.2, 0.25) is 5.02 Å². The summed E-state index contributed by atoms with van der Waals surface area (Å²) in [6.45, 7) is 4.35. The summed E-state index contributed by atoms with van der Waals surface area (Å²) in [5.41, 5.74) is 1.73. The number of carbonyl (C=O) groups excluding carboxylic acids is 1. The molecule has 7 nitrogen and oxygen atoms in total. The number of hydrogen-bond donors (Lipinski definition) is 1. The molecule has 6 rings (SSSR count). The Morgan fingerprint density at radius 3 is 2.90 bits per heavy atom. The molecule has 40 heavy (non-hydrogen) atoms. The molecule has 1 aliphatic heterocycles. The number of carbonyl (C=O) groups is 1. The van der Waals surface area contributed by atoms with Crippen molar-refractivity contribution in [2.75, 3.05) is 25.4 Å². The zero-order valence-corrected chi connectivity index (χ0v) is 24.2. The lowest BCUT2D eigenvalue weighted by Gasteiger charge is -2.20. The summed E-state index contributed by atoms with van der Waals surface area (Å²) < 4.78 is 18.1. The van der Waals surface area contributed by atoms with Crippen molar-refractivity contribution in [1.29, 1.82) is 0 Å². The Morgan fingerprint density at radius 1 is 1.25 bits per heavy atom. The number of aryl methyl sites for hydroxylation is 1. The highest BCUT2D eigenvalue weighted by atomic mass is 35.5. The van der Waals surface area contributed by atoms with Crippen molar-refractivity contribution in [3.63, 3.8) is 0 Å². The number of halogens is 2. The Bertz CT molecular complexity index is 1790. The molecule has 2 aromatic carbocycles. The minimum absolute atomic E-state index is 0.0294. The first-order valence-electron chi connectivity index (χ1n) is 13.2. The molecule has 0 saturated carbocycles. The Kier molecular flexibility index (Phi) is 7.76. The van der Waals surface area contributed by atoms with Crippen LogP contribution < -0.4 is 10.7 Å². The predicted molar refractivity (Wildman–Crippen MR) is 161 cm³/mol. The van der Waals surface area contributed by atoms with E-state index >= 15 is 4.39 Å². The van der Waals surface area contributed by atoms with E-state index in [1.807, 2.05) is 16.5 Å². The molecule has 1 saturated heterocycles. The predicted octanol–water partition coefficient (Wildman–Crippen LogP) is 5.80. The maximum absolute atomic E-state index is 15.3. The summed E-state index contributed by atoms with van der Waals surface area (Å²) in [7, 11) is 0. The number of likely N-dealkylation sites (tertiary alicyclic amines) is 1. The van der Waals surface area contributed by atoms with Crippen molar-refractivity contribution >= 4 is 66.6 Å². The largest absolute Gasteiger partial charge is 0.351 e. The highest BCUT2D eigenvalue weighted by molar-refractivity contribution is 7.99. The number of nitrogens with zero attached hydrogens (tertiary/aromatic N) is 4. The minimum Gasteiger partial charge on any atom is -0.351 e. The number of nitrogens with one attached hydrogen (secondary N) is 1. The Hall–Kier alpha value is -3.05. The van der Waals surface area contributed by atoms with Gasteiger partial charge in [0.2, 0.25) is 5.43 Å². The molecule has 1 unspecified atom stereocenters. The van der Waals surface area contributed by atoms with Gasteiger partial charge in [0.25, 0.3) is 5.91 Å². The van der Waals surface area contributed by atoms with E-state index in [9.17, 15) is 9.59 Å². The zero-order valence-electron chi connectivity index (χ0n) is 21.8. The van der Waals surface area contributed by atoms with Gasteiger partial charge < -0.3 is 5.32 Å². The van der Waals surface area contributed by atoms with Crippen LogP contribution in [0.25, 0.3) is 25.9 Å². The van der Waals surface area contributed by atoms with Gasteiger partial charge in [0.05, 0.1) is 21.4 Å². The third-order valence-electron chi connectivity index (χ3n) is 7.38. The molecule has 1 fully saturated rings. The molecule has 11 heteroatoms. The lowest BCUT2D eigenvalue weighted by molar-refractivity contribution is 0.0948. The van der Waals surface area contributed by atoms with Crippen molar-refractivity contribution < 1.29 is 9.18 Å². The van der Waals surface area contributed by atoms with Gasteiger partial charge in [-0.1, -0.05) is 11.6 Å². The summed E-state index contributed by atoms with van der Waals surface area (Å²) in [4.78, 5) is 38.9. The molecule has 0 aliphatic carbocycles. The molecule has 3 aromatic heterocycles. The van der Waals surface area contributed by atoms with Crippen molar-refractivity contribution in [3.05, 3.63) is 81.2 Å². The van der Waals surface area contributed by atoms with Crippen LogP contribution >= 0.6 is 34.7 Å². The zero-order chi connectivity index (χ0) is 27.8. The number of thioether (sulfide) groups is 1. The molecule has 1 aliphatic rings. The normalized spacial score (nSPS) is 15.9. The minimum atomic E-state index is -0.495. The molecule has 1 amide bonds. The van der Waals surface area contributed by atoms with Crippen molar-refractivity contribution in [2.45, 2.75) is 37.1 Å². The van der Waals surface area contributed by atoms with E-state index in [0.717, 1.165) is 41.8 Å². The Labute approximate surface area is 243 Å². The fourth-order valence-electron chi connectivity index (χ4n) is 5.32. The van der Waals surface area contributed by atoms with Gasteiger partial charge in [-0.15, -0.1) is 23.1 Å². The number of pyridine rings is 1. The van der Waals surface area contributed by atoms with Crippen LogP contribution in [-0.2, 0) is 6.42 Å². The molecule has 1 N–H and O–H groups in total. The van der Waals surface area contributed by atoms with Gasteiger partial charge >= 0.3 is 0 Å². The third kappa shape index (κ3) is 5.21. The molecule has 0 radical (unpaired) electrons. The van der Waals surface area contributed by atoms with Gasteiger partial charge in [0.15, 0.2) is 0 Å². The molecular weight excluding hydrogens is 569 g/mol. The quantitative estimate of drug-likeness (QED) is 0.229. The average molecular weight is 596 g/mol. The van der Waals surface area contributed by atoms with Crippen LogP contribution in [0, 0.1) is 5.82 Å². The van der Waals surface area contributed by atoms with E-state index in [-0.39, 0.29) is 10.9 Å². The first-order chi connectivity index (χ1) is 19.4.